The Morgan fingerprint density at radius 1 is 1.59 bits per heavy atom. The van der Waals surface area contributed by atoms with E-state index in [1.54, 1.807) is 0 Å². The Morgan fingerprint density at radius 2 is 2.35 bits per heavy atom. The number of halogens is 2. The predicted molar refractivity (Wildman–Crippen MR) is 75.7 cm³/mol. The maximum Gasteiger partial charge on any atom is 0.178 e. The monoisotopic (exact) mass is 381 g/mol. The first-order chi connectivity index (χ1) is 8.11. The summed E-state index contributed by atoms with van der Waals surface area (Å²) in [7, 11) is 0. The molecule has 6 heteroatoms. The summed E-state index contributed by atoms with van der Waals surface area (Å²) < 4.78 is 1.82. The number of carbonyl (C=O) groups excluding carboxylic acids is 1. The van der Waals surface area contributed by atoms with Gasteiger partial charge in [0.05, 0.1) is 20.7 Å². The molecule has 1 unspecified atom stereocenters. The van der Waals surface area contributed by atoms with Crippen LogP contribution in [0.25, 0.3) is 0 Å². The Hall–Kier alpha value is 0.250. The van der Waals surface area contributed by atoms with E-state index in [9.17, 15) is 9.90 Å². The molecule has 0 saturated carbocycles. The van der Waals surface area contributed by atoms with Gasteiger partial charge in [0.1, 0.15) is 0 Å². The van der Waals surface area contributed by atoms with Gasteiger partial charge in [-0.05, 0) is 57.3 Å². The van der Waals surface area contributed by atoms with E-state index in [0.717, 1.165) is 32.5 Å². The summed E-state index contributed by atoms with van der Waals surface area (Å²) in [4.78, 5) is 14.2. The average molecular weight is 383 g/mol. The first kappa shape index (κ1) is 13.7. The van der Waals surface area contributed by atoms with Gasteiger partial charge in [0, 0.05) is 11.6 Å². The molecule has 1 fully saturated rings. The van der Waals surface area contributed by atoms with Crippen molar-refractivity contribution in [2.24, 2.45) is 0 Å². The molecular formula is C11H13Br2NO2S. The van der Waals surface area contributed by atoms with Crippen LogP contribution in [0.15, 0.2) is 13.6 Å². The number of ketones is 1. The van der Waals surface area contributed by atoms with Gasteiger partial charge < -0.3 is 5.11 Å². The average Bonchev–Trinajstić information content (AvgIpc) is 2.84. The van der Waals surface area contributed by atoms with Crippen molar-refractivity contribution in [3.8, 4) is 0 Å². The van der Waals surface area contributed by atoms with E-state index in [4.69, 9.17) is 0 Å². The molecule has 1 saturated heterocycles. The molecule has 0 aromatic carbocycles. The molecule has 1 aromatic heterocycles. The highest BCUT2D eigenvalue weighted by molar-refractivity contribution is 9.12. The SMILES string of the molecule is O=C(CN1CCCC1CO)c1cc(Br)sc1Br. The molecule has 0 radical (unpaired) electrons. The summed E-state index contributed by atoms with van der Waals surface area (Å²) in [5.41, 5.74) is 0.727. The lowest BCUT2D eigenvalue weighted by atomic mass is 10.2. The normalized spacial score (nSPS) is 21.0. The lowest BCUT2D eigenvalue weighted by Gasteiger charge is -2.21. The number of carbonyl (C=O) groups is 1. The highest BCUT2D eigenvalue weighted by atomic mass is 79.9. The summed E-state index contributed by atoms with van der Waals surface area (Å²) in [6.45, 7) is 1.44. The van der Waals surface area contributed by atoms with Crippen LogP contribution in [0, 0.1) is 0 Å². The molecule has 0 aliphatic carbocycles. The third-order valence-electron chi connectivity index (χ3n) is 3.01. The molecular weight excluding hydrogens is 370 g/mol. The number of hydrogen-bond donors (Lipinski definition) is 1. The first-order valence-corrected chi connectivity index (χ1v) is 7.85. The van der Waals surface area contributed by atoms with Gasteiger partial charge in [0.15, 0.2) is 5.78 Å². The number of likely N-dealkylation sites (tertiary alicyclic amines) is 1. The number of aliphatic hydroxyl groups is 1. The molecule has 1 aliphatic rings. The Bertz CT molecular complexity index is 422. The lowest BCUT2D eigenvalue weighted by Crippen LogP contribution is -2.36. The van der Waals surface area contributed by atoms with Crippen LogP contribution in [-0.4, -0.2) is 41.5 Å². The molecule has 0 amide bonds. The van der Waals surface area contributed by atoms with Crippen LogP contribution in [0.3, 0.4) is 0 Å². The van der Waals surface area contributed by atoms with E-state index < -0.39 is 0 Å². The molecule has 1 N–H and O–H groups in total. The highest BCUT2D eigenvalue weighted by Crippen LogP contribution is 2.32. The smallest absolute Gasteiger partial charge is 0.178 e. The van der Waals surface area contributed by atoms with Gasteiger partial charge in [-0.2, -0.15) is 0 Å². The number of rotatable bonds is 4. The zero-order valence-corrected chi connectivity index (χ0v) is 13.1. The number of thiophene rings is 1. The molecule has 3 nitrogen and oxygen atoms in total. The van der Waals surface area contributed by atoms with Gasteiger partial charge in [-0.15, -0.1) is 11.3 Å². The van der Waals surface area contributed by atoms with E-state index in [2.05, 4.69) is 36.8 Å². The lowest BCUT2D eigenvalue weighted by molar-refractivity contribution is 0.0887. The summed E-state index contributed by atoms with van der Waals surface area (Å²) in [5, 5.41) is 9.21. The number of hydrogen-bond acceptors (Lipinski definition) is 4. The molecule has 0 spiro atoms. The second-order valence-electron chi connectivity index (χ2n) is 4.11. The fraction of sp³-hybridized carbons (Fsp3) is 0.545. The molecule has 1 aromatic rings. The maximum absolute atomic E-state index is 12.1. The zero-order chi connectivity index (χ0) is 12.4. The van der Waals surface area contributed by atoms with Crippen molar-refractivity contribution in [2.45, 2.75) is 18.9 Å². The summed E-state index contributed by atoms with van der Waals surface area (Å²) in [6, 6.07) is 2.00. The van der Waals surface area contributed by atoms with Gasteiger partial charge in [-0.25, -0.2) is 0 Å². The quantitative estimate of drug-likeness (QED) is 0.814. The van der Waals surface area contributed by atoms with Crippen molar-refractivity contribution in [3.05, 3.63) is 19.2 Å². The van der Waals surface area contributed by atoms with Gasteiger partial charge >= 0.3 is 0 Å². The van der Waals surface area contributed by atoms with E-state index >= 15 is 0 Å². The van der Waals surface area contributed by atoms with Crippen LogP contribution in [0.4, 0.5) is 0 Å². The van der Waals surface area contributed by atoms with Gasteiger partial charge in [-0.1, -0.05) is 0 Å². The van der Waals surface area contributed by atoms with Crippen molar-refractivity contribution in [2.75, 3.05) is 19.7 Å². The number of Topliss-reactive ketones (excluding diaryl/α,β-unsaturated/α-hetero) is 1. The fourth-order valence-electron chi connectivity index (χ4n) is 2.11. The van der Waals surface area contributed by atoms with E-state index in [-0.39, 0.29) is 18.4 Å². The Morgan fingerprint density at radius 3 is 2.94 bits per heavy atom. The molecule has 0 bridgehead atoms. The van der Waals surface area contributed by atoms with E-state index in [1.807, 2.05) is 6.07 Å². The summed E-state index contributed by atoms with van der Waals surface area (Å²) in [5.74, 6) is 0.110. The molecule has 17 heavy (non-hydrogen) atoms. The minimum atomic E-state index is 0.110. The van der Waals surface area contributed by atoms with Gasteiger partial charge in [-0.3, -0.25) is 9.69 Å². The summed E-state index contributed by atoms with van der Waals surface area (Å²) >= 11 is 8.28. The molecule has 1 aliphatic heterocycles. The van der Waals surface area contributed by atoms with Crippen molar-refractivity contribution in [3.63, 3.8) is 0 Å². The zero-order valence-electron chi connectivity index (χ0n) is 9.16. The second-order valence-corrected chi connectivity index (χ2v) is 7.86. The van der Waals surface area contributed by atoms with Crippen LogP contribution in [0.5, 0.6) is 0 Å². The predicted octanol–water partition coefficient (Wildman–Crippen LogP) is 2.91. The third-order valence-corrected chi connectivity index (χ3v) is 5.35. The standard InChI is InChI=1S/C11H13Br2NO2S/c12-10-4-8(11(13)17-10)9(16)5-14-3-1-2-7(14)6-15/h4,7,15H,1-3,5-6H2. The van der Waals surface area contributed by atoms with E-state index in [0.29, 0.717) is 6.54 Å². The first-order valence-electron chi connectivity index (χ1n) is 5.44. The van der Waals surface area contributed by atoms with E-state index in [1.165, 1.54) is 11.3 Å². The van der Waals surface area contributed by atoms with Crippen molar-refractivity contribution in [1.29, 1.82) is 0 Å². The Labute approximate surface area is 121 Å². The molecule has 94 valence electrons. The minimum absolute atomic E-state index is 0.110. The molecule has 1 atom stereocenters. The second kappa shape index (κ2) is 5.93. The van der Waals surface area contributed by atoms with Crippen LogP contribution in [0.1, 0.15) is 23.2 Å². The fourth-order valence-corrected chi connectivity index (χ4v) is 4.97. The van der Waals surface area contributed by atoms with Crippen LogP contribution in [0.2, 0.25) is 0 Å². The van der Waals surface area contributed by atoms with Gasteiger partial charge in [0.2, 0.25) is 0 Å². The van der Waals surface area contributed by atoms with Crippen molar-refractivity contribution in [1.82, 2.24) is 4.90 Å². The van der Waals surface area contributed by atoms with Crippen molar-refractivity contribution >= 4 is 49.0 Å². The highest BCUT2D eigenvalue weighted by Gasteiger charge is 2.26. The van der Waals surface area contributed by atoms with Crippen molar-refractivity contribution < 1.29 is 9.90 Å². The topological polar surface area (TPSA) is 40.5 Å². The number of nitrogens with zero attached hydrogens (tertiary/aromatic N) is 1. The maximum atomic E-state index is 12.1. The number of aliphatic hydroxyl groups excluding tert-OH is 1. The largest absolute Gasteiger partial charge is 0.395 e. The van der Waals surface area contributed by atoms with Crippen LogP contribution < -0.4 is 0 Å². The third kappa shape index (κ3) is 3.17. The minimum Gasteiger partial charge on any atom is -0.395 e. The van der Waals surface area contributed by atoms with Crippen LogP contribution >= 0.6 is 43.2 Å². The molecule has 2 rings (SSSR count). The Balaban J connectivity index is 2.04. The van der Waals surface area contributed by atoms with Crippen LogP contribution in [-0.2, 0) is 0 Å². The van der Waals surface area contributed by atoms with Gasteiger partial charge in [0.25, 0.3) is 0 Å². The summed E-state index contributed by atoms with van der Waals surface area (Å²) in [6.07, 6.45) is 2.05. The Kier molecular flexibility index (Phi) is 4.77. The molecule has 2 heterocycles.